The van der Waals surface area contributed by atoms with Crippen LogP contribution < -0.4 is 25.7 Å². The summed E-state index contributed by atoms with van der Waals surface area (Å²) in [7, 11) is 1.52. The predicted molar refractivity (Wildman–Crippen MR) is 94.8 cm³/mol. The lowest BCUT2D eigenvalue weighted by atomic mass is 10.2. The van der Waals surface area contributed by atoms with Crippen molar-refractivity contribution in [2.45, 2.75) is 6.61 Å². The van der Waals surface area contributed by atoms with Gasteiger partial charge in [0.05, 0.1) is 17.7 Å². The summed E-state index contributed by atoms with van der Waals surface area (Å²) in [5.41, 5.74) is 8.85. The summed E-state index contributed by atoms with van der Waals surface area (Å²) in [6.45, 7) is -0.0462. The van der Waals surface area contributed by atoms with Gasteiger partial charge < -0.3 is 15.2 Å². The number of methoxy groups -OCH3 is 1. The standard InChI is InChI=1S/C16H15ClFN3O2S/c1-22-14-7-2-4-10(8-20-21-16(19)24)15(14)23-9-11-12(17)5-3-6-13(11)18/h2-8H,9H2,1H3,(H3,19,21,24)/p+1. The van der Waals surface area contributed by atoms with Gasteiger partial charge in [-0.15, -0.1) is 10.5 Å². The third-order valence-corrected chi connectivity index (χ3v) is 3.53. The Labute approximate surface area is 149 Å². The molecule has 0 spiro atoms. The SMILES string of the molecule is COc1cccc(C=[NH+]NC(N)=S)c1OCc1c(F)cccc1Cl. The van der Waals surface area contributed by atoms with Gasteiger partial charge >= 0.3 is 0 Å². The summed E-state index contributed by atoms with van der Waals surface area (Å²) < 4.78 is 24.9. The average molecular weight is 369 g/mol. The number of hydrazine groups is 1. The average Bonchev–Trinajstić information content (AvgIpc) is 2.54. The predicted octanol–water partition coefficient (Wildman–Crippen LogP) is 1.31. The molecule has 0 aliphatic heterocycles. The molecule has 24 heavy (non-hydrogen) atoms. The lowest BCUT2D eigenvalue weighted by Crippen LogP contribution is -2.82. The van der Waals surface area contributed by atoms with Crippen LogP contribution >= 0.6 is 23.8 Å². The van der Waals surface area contributed by atoms with E-state index in [-0.39, 0.29) is 17.3 Å². The third-order valence-electron chi connectivity index (χ3n) is 3.07. The molecule has 2 rings (SSSR count). The zero-order chi connectivity index (χ0) is 17.5. The number of hydrogen-bond donors (Lipinski definition) is 3. The fourth-order valence-electron chi connectivity index (χ4n) is 1.96. The Morgan fingerprint density at radius 2 is 2.12 bits per heavy atom. The molecule has 2 aromatic rings. The van der Waals surface area contributed by atoms with Gasteiger partial charge in [-0.3, -0.25) is 0 Å². The maximum atomic E-state index is 13.9. The minimum atomic E-state index is -0.434. The topological polar surface area (TPSA) is 70.5 Å². The number of hydrazone groups is 1. The molecule has 0 unspecified atom stereocenters. The van der Waals surface area contributed by atoms with Crippen LogP contribution in [0, 0.1) is 5.82 Å². The Hall–Kier alpha value is -2.38. The molecule has 4 N–H and O–H groups in total. The maximum Gasteiger partial charge on any atom is 0.221 e. The number of hydrogen-bond acceptors (Lipinski definition) is 3. The molecule has 0 atom stereocenters. The first-order valence-corrected chi connectivity index (χ1v) is 7.68. The fraction of sp³-hybridized carbons (Fsp3) is 0.125. The van der Waals surface area contributed by atoms with Crippen LogP contribution in [0.4, 0.5) is 4.39 Å². The van der Waals surface area contributed by atoms with Gasteiger partial charge in [0, 0.05) is 5.56 Å². The van der Waals surface area contributed by atoms with E-state index >= 15 is 0 Å². The molecular formula is C16H16ClFN3O2S+. The van der Waals surface area contributed by atoms with E-state index in [2.05, 4.69) is 10.5 Å². The number of benzene rings is 2. The number of ether oxygens (including phenoxy) is 2. The van der Waals surface area contributed by atoms with Crippen LogP contribution in [-0.4, -0.2) is 18.4 Å². The van der Waals surface area contributed by atoms with Crippen molar-refractivity contribution < 1.29 is 19.0 Å². The number of thiocarbonyl (C=S) groups is 1. The lowest BCUT2D eigenvalue weighted by molar-refractivity contribution is -0.499. The van der Waals surface area contributed by atoms with E-state index in [9.17, 15) is 4.39 Å². The van der Waals surface area contributed by atoms with E-state index < -0.39 is 5.82 Å². The molecule has 0 heterocycles. The van der Waals surface area contributed by atoms with E-state index in [0.717, 1.165) is 0 Å². The summed E-state index contributed by atoms with van der Waals surface area (Å²) >= 11 is 10.7. The minimum Gasteiger partial charge on any atom is -0.493 e. The van der Waals surface area contributed by atoms with Crippen LogP contribution in [0.1, 0.15) is 11.1 Å². The summed E-state index contributed by atoms with van der Waals surface area (Å²) in [5, 5.41) is 3.12. The Kier molecular flexibility index (Phi) is 6.34. The van der Waals surface area contributed by atoms with Gasteiger partial charge in [-0.25, -0.2) is 4.39 Å². The Bertz CT molecular complexity index is 751. The second-order valence-corrected chi connectivity index (χ2v) is 5.49. The van der Waals surface area contributed by atoms with E-state index in [1.54, 1.807) is 30.5 Å². The summed E-state index contributed by atoms with van der Waals surface area (Å²) in [5.74, 6) is 0.487. The van der Waals surface area contributed by atoms with Gasteiger partial charge in [-0.05, 0) is 36.5 Å². The van der Waals surface area contributed by atoms with Crippen molar-refractivity contribution in [3.8, 4) is 11.5 Å². The largest absolute Gasteiger partial charge is 0.493 e. The number of rotatable bonds is 6. The van der Waals surface area contributed by atoms with Crippen LogP contribution in [0.15, 0.2) is 36.4 Å². The maximum absolute atomic E-state index is 13.9. The highest BCUT2D eigenvalue weighted by Crippen LogP contribution is 2.31. The first kappa shape index (κ1) is 18.0. The monoisotopic (exact) mass is 368 g/mol. The number of halogens is 2. The third kappa shape index (κ3) is 4.56. The van der Waals surface area contributed by atoms with Gasteiger partial charge in [0.1, 0.15) is 12.4 Å². The highest BCUT2D eigenvalue weighted by Gasteiger charge is 2.14. The van der Waals surface area contributed by atoms with Crippen molar-refractivity contribution in [1.29, 1.82) is 0 Å². The molecule has 0 bridgehead atoms. The van der Waals surface area contributed by atoms with Crippen molar-refractivity contribution in [3.05, 3.63) is 58.4 Å². The van der Waals surface area contributed by atoms with Crippen molar-refractivity contribution in [3.63, 3.8) is 0 Å². The number of nitrogens with two attached hydrogens (primary N) is 1. The molecule has 0 aliphatic rings. The molecule has 5 nitrogen and oxygen atoms in total. The van der Waals surface area contributed by atoms with E-state index in [0.29, 0.717) is 22.1 Å². The number of nitrogens with one attached hydrogen (secondary N) is 2. The Balaban J connectivity index is 2.27. The van der Waals surface area contributed by atoms with Gasteiger partial charge in [0.15, 0.2) is 11.5 Å². The quantitative estimate of drug-likeness (QED) is 0.407. The van der Waals surface area contributed by atoms with Crippen molar-refractivity contribution >= 4 is 35.1 Å². The smallest absolute Gasteiger partial charge is 0.221 e. The number of para-hydroxylation sites is 1. The molecule has 126 valence electrons. The molecule has 0 amide bonds. The van der Waals surface area contributed by atoms with Crippen LogP contribution in [-0.2, 0) is 6.61 Å². The molecule has 0 aromatic heterocycles. The molecule has 0 saturated heterocycles. The highest BCUT2D eigenvalue weighted by atomic mass is 35.5. The van der Waals surface area contributed by atoms with Crippen LogP contribution in [0.25, 0.3) is 0 Å². The molecule has 8 heteroatoms. The highest BCUT2D eigenvalue weighted by molar-refractivity contribution is 7.80. The van der Waals surface area contributed by atoms with Crippen molar-refractivity contribution in [2.24, 2.45) is 5.73 Å². The van der Waals surface area contributed by atoms with Crippen molar-refractivity contribution in [2.75, 3.05) is 7.11 Å². The molecular weight excluding hydrogens is 353 g/mol. The van der Waals surface area contributed by atoms with Crippen LogP contribution in [0.5, 0.6) is 11.5 Å². The molecule has 0 fully saturated rings. The summed E-state index contributed by atoms with van der Waals surface area (Å²) in [6, 6.07) is 9.77. The van der Waals surface area contributed by atoms with Gasteiger partial charge in [-0.1, -0.05) is 23.7 Å². The second-order valence-electron chi connectivity index (χ2n) is 4.65. The van der Waals surface area contributed by atoms with E-state index in [4.69, 9.17) is 39.0 Å². The van der Waals surface area contributed by atoms with Gasteiger partial charge in [0.25, 0.3) is 0 Å². The van der Waals surface area contributed by atoms with E-state index in [1.807, 2.05) is 0 Å². The fourth-order valence-corrected chi connectivity index (χ4v) is 2.24. The zero-order valence-corrected chi connectivity index (χ0v) is 14.4. The van der Waals surface area contributed by atoms with Crippen LogP contribution in [0.2, 0.25) is 5.02 Å². The summed E-state index contributed by atoms with van der Waals surface area (Å²) in [4.78, 5) is 0. The Morgan fingerprint density at radius 1 is 1.38 bits per heavy atom. The molecule has 0 saturated carbocycles. The second kappa shape index (κ2) is 8.47. The van der Waals surface area contributed by atoms with E-state index in [1.165, 1.54) is 19.2 Å². The zero-order valence-electron chi connectivity index (χ0n) is 12.8. The molecule has 0 radical (unpaired) electrons. The Morgan fingerprint density at radius 3 is 2.79 bits per heavy atom. The van der Waals surface area contributed by atoms with Gasteiger partial charge in [-0.2, -0.15) is 0 Å². The summed E-state index contributed by atoms with van der Waals surface area (Å²) in [6.07, 6.45) is 1.60. The minimum absolute atomic E-state index is 0.0462. The normalized spacial score (nSPS) is 10.6. The lowest BCUT2D eigenvalue weighted by Gasteiger charge is -2.13. The van der Waals surface area contributed by atoms with Crippen molar-refractivity contribution in [1.82, 2.24) is 5.43 Å². The first-order valence-electron chi connectivity index (χ1n) is 6.89. The molecule has 0 aliphatic carbocycles. The first-order chi connectivity index (χ1) is 11.5. The van der Waals surface area contributed by atoms with Crippen LogP contribution in [0.3, 0.4) is 0 Å². The molecule has 2 aromatic carbocycles. The van der Waals surface area contributed by atoms with Gasteiger partial charge in [0.2, 0.25) is 11.3 Å².